The van der Waals surface area contributed by atoms with Crippen molar-refractivity contribution in [1.82, 2.24) is 29.1 Å². The number of hydrogen-bond donors (Lipinski definition) is 0. The molecule has 136 valence electrons. The fourth-order valence-corrected chi connectivity index (χ4v) is 3.33. The molecule has 0 aliphatic rings. The number of fused-ring (bicyclic) bond motifs is 2. The monoisotopic (exact) mass is 367 g/mol. The first kappa shape index (κ1) is 16.3. The predicted molar refractivity (Wildman–Crippen MR) is 109 cm³/mol. The average Bonchev–Trinajstić information content (AvgIpc) is 3.36. The van der Waals surface area contributed by atoms with Gasteiger partial charge in [-0.1, -0.05) is 0 Å². The molecule has 4 aromatic heterocycles. The first-order chi connectivity index (χ1) is 13.8. The Hall–Kier alpha value is -3.87. The Balaban J connectivity index is 1.72. The zero-order chi connectivity index (χ0) is 18.9. The van der Waals surface area contributed by atoms with Crippen LogP contribution in [0.3, 0.4) is 0 Å². The van der Waals surface area contributed by atoms with Gasteiger partial charge in [0.2, 0.25) is 0 Å². The third-order valence-electron chi connectivity index (χ3n) is 4.64. The molecule has 0 radical (unpaired) electrons. The van der Waals surface area contributed by atoms with E-state index in [1.54, 1.807) is 32.1 Å². The summed E-state index contributed by atoms with van der Waals surface area (Å²) < 4.78 is 4.00. The molecule has 0 saturated heterocycles. The van der Waals surface area contributed by atoms with E-state index in [1.807, 2.05) is 39.6 Å². The van der Waals surface area contributed by atoms with E-state index >= 15 is 0 Å². The lowest BCUT2D eigenvalue weighted by atomic mass is 10.1. The summed E-state index contributed by atoms with van der Waals surface area (Å²) in [5, 5.41) is 0. The maximum atomic E-state index is 4.49. The molecule has 0 fully saturated rings. The van der Waals surface area contributed by atoms with Crippen molar-refractivity contribution in [1.29, 1.82) is 0 Å². The molecule has 0 aliphatic heterocycles. The smallest absolute Gasteiger partial charge is 0.164 e. The molecule has 0 aliphatic carbocycles. The van der Waals surface area contributed by atoms with Gasteiger partial charge < -0.3 is 4.99 Å². The average molecular weight is 367 g/mol. The van der Waals surface area contributed by atoms with Crippen molar-refractivity contribution in [3.05, 3.63) is 73.1 Å². The Kier molecular flexibility index (Phi) is 3.90. The Morgan fingerprint density at radius 3 is 1.93 bits per heavy atom. The molecule has 5 aromatic rings. The molecule has 5 rings (SSSR count). The lowest BCUT2D eigenvalue weighted by Gasteiger charge is -2.11. The van der Waals surface area contributed by atoms with Gasteiger partial charge in [0.1, 0.15) is 23.7 Å². The molecule has 0 unspecified atom stereocenters. The van der Waals surface area contributed by atoms with Crippen molar-refractivity contribution in [2.75, 3.05) is 7.05 Å². The van der Waals surface area contributed by atoms with Crippen molar-refractivity contribution in [2.45, 2.75) is 6.42 Å². The third-order valence-corrected chi connectivity index (χ3v) is 4.64. The lowest BCUT2D eigenvalue weighted by Crippen LogP contribution is -2.01. The second-order valence-corrected chi connectivity index (χ2v) is 6.42. The van der Waals surface area contributed by atoms with Gasteiger partial charge in [0.25, 0.3) is 0 Å². The van der Waals surface area contributed by atoms with Crippen LogP contribution in [-0.2, 0) is 6.42 Å². The molecule has 28 heavy (non-hydrogen) atoms. The van der Waals surface area contributed by atoms with Crippen LogP contribution in [0.15, 0.2) is 72.5 Å². The highest BCUT2D eigenvalue weighted by molar-refractivity contribution is 5.75. The topological polar surface area (TPSA) is 73.8 Å². The first-order valence-corrected chi connectivity index (χ1v) is 8.95. The summed E-state index contributed by atoms with van der Waals surface area (Å²) in [4.78, 5) is 22.1. The fourth-order valence-electron chi connectivity index (χ4n) is 3.33. The van der Waals surface area contributed by atoms with Gasteiger partial charge >= 0.3 is 0 Å². The van der Waals surface area contributed by atoms with Gasteiger partial charge in [-0.25, -0.2) is 19.9 Å². The maximum Gasteiger partial charge on any atom is 0.164 e. The van der Waals surface area contributed by atoms with Gasteiger partial charge in [0.15, 0.2) is 11.3 Å². The molecular formula is C21H17N7. The van der Waals surface area contributed by atoms with E-state index in [0.29, 0.717) is 0 Å². The molecule has 0 spiro atoms. The zero-order valence-electron chi connectivity index (χ0n) is 15.3. The molecule has 0 atom stereocenters. The Morgan fingerprint density at radius 1 is 0.821 bits per heavy atom. The van der Waals surface area contributed by atoms with Crippen LogP contribution in [0.2, 0.25) is 0 Å². The number of rotatable bonds is 4. The molecule has 7 nitrogen and oxygen atoms in total. The summed E-state index contributed by atoms with van der Waals surface area (Å²) in [7, 11) is 1.78. The van der Waals surface area contributed by atoms with Crippen molar-refractivity contribution in [3.63, 3.8) is 0 Å². The van der Waals surface area contributed by atoms with Crippen LogP contribution < -0.4 is 0 Å². The van der Waals surface area contributed by atoms with Gasteiger partial charge in [-0.2, -0.15) is 0 Å². The van der Waals surface area contributed by atoms with Crippen molar-refractivity contribution < 1.29 is 0 Å². The van der Waals surface area contributed by atoms with E-state index in [2.05, 4.69) is 43.1 Å². The molecule has 0 bridgehead atoms. The first-order valence-electron chi connectivity index (χ1n) is 8.95. The summed E-state index contributed by atoms with van der Waals surface area (Å²) in [6.07, 6.45) is 9.80. The Labute approximate surface area is 161 Å². The quantitative estimate of drug-likeness (QED) is 0.456. The fraction of sp³-hybridized carbons (Fsp3) is 0.0952. The maximum absolute atomic E-state index is 4.49. The molecule has 7 heteroatoms. The van der Waals surface area contributed by atoms with Gasteiger partial charge in [-0.3, -0.25) is 9.13 Å². The van der Waals surface area contributed by atoms with Crippen LogP contribution >= 0.6 is 0 Å². The van der Waals surface area contributed by atoms with Crippen molar-refractivity contribution in [3.8, 4) is 11.4 Å². The number of benzene rings is 1. The largest absolute Gasteiger partial charge is 0.301 e. The SMILES string of the molecule is CN=CCc1cc(-n2cnc3cccnc32)cc(-n2cnc3cccnc32)c1. The van der Waals surface area contributed by atoms with Crippen LogP contribution in [0.4, 0.5) is 0 Å². The van der Waals surface area contributed by atoms with Crippen LogP contribution in [0.1, 0.15) is 5.56 Å². The summed E-state index contributed by atoms with van der Waals surface area (Å²) in [5.41, 5.74) is 6.46. The number of nitrogens with zero attached hydrogens (tertiary/aromatic N) is 7. The minimum absolute atomic E-state index is 0.734. The molecule has 0 saturated carbocycles. The molecule has 4 heterocycles. The number of aromatic nitrogens is 6. The number of aliphatic imine (C=N–C) groups is 1. The van der Waals surface area contributed by atoms with Crippen LogP contribution in [0.25, 0.3) is 33.7 Å². The minimum atomic E-state index is 0.734. The molecular weight excluding hydrogens is 350 g/mol. The third kappa shape index (κ3) is 2.73. The molecule has 0 N–H and O–H groups in total. The highest BCUT2D eigenvalue weighted by atomic mass is 15.1. The summed E-state index contributed by atoms with van der Waals surface area (Å²) in [6, 6.07) is 14.1. The van der Waals surface area contributed by atoms with Crippen LogP contribution in [-0.4, -0.2) is 42.3 Å². The van der Waals surface area contributed by atoms with Gasteiger partial charge in [-0.05, 0) is 48.0 Å². The summed E-state index contributed by atoms with van der Waals surface area (Å²) in [6.45, 7) is 0. The predicted octanol–water partition coefficient (Wildman–Crippen LogP) is 3.40. The highest BCUT2D eigenvalue weighted by Gasteiger charge is 2.11. The van der Waals surface area contributed by atoms with Crippen molar-refractivity contribution >= 4 is 28.5 Å². The Morgan fingerprint density at radius 2 is 1.39 bits per heavy atom. The highest BCUT2D eigenvalue weighted by Crippen LogP contribution is 2.23. The Bertz CT molecular complexity index is 1220. The normalized spacial score (nSPS) is 11.8. The molecule has 1 aromatic carbocycles. The van der Waals surface area contributed by atoms with E-state index in [-0.39, 0.29) is 0 Å². The second kappa shape index (κ2) is 6.70. The van der Waals surface area contributed by atoms with Crippen LogP contribution in [0.5, 0.6) is 0 Å². The lowest BCUT2D eigenvalue weighted by molar-refractivity contribution is 1.03. The summed E-state index contributed by atoms with van der Waals surface area (Å²) >= 11 is 0. The molecule has 0 amide bonds. The van der Waals surface area contributed by atoms with Crippen LogP contribution in [0, 0.1) is 0 Å². The van der Waals surface area contributed by atoms with E-state index in [9.17, 15) is 0 Å². The minimum Gasteiger partial charge on any atom is -0.301 e. The standard InChI is InChI=1S/C21H17N7/c1-22-9-6-15-10-16(27-13-25-18-4-2-7-23-20(18)27)12-17(11-15)28-14-26-19-5-3-8-24-21(19)28/h2-5,7-14H,6H2,1H3. The second-order valence-electron chi connectivity index (χ2n) is 6.42. The van der Waals surface area contributed by atoms with E-state index in [4.69, 9.17) is 0 Å². The van der Waals surface area contributed by atoms with E-state index < -0.39 is 0 Å². The summed E-state index contributed by atoms with van der Waals surface area (Å²) in [5.74, 6) is 0. The number of hydrogen-bond acceptors (Lipinski definition) is 5. The van der Waals surface area contributed by atoms with E-state index in [0.717, 1.165) is 45.7 Å². The number of pyridine rings is 2. The number of imidazole rings is 2. The van der Waals surface area contributed by atoms with Gasteiger partial charge in [0, 0.05) is 32.1 Å². The van der Waals surface area contributed by atoms with E-state index in [1.165, 1.54) is 0 Å². The van der Waals surface area contributed by atoms with Crippen molar-refractivity contribution in [2.24, 2.45) is 4.99 Å². The van der Waals surface area contributed by atoms with Gasteiger partial charge in [-0.15, -0.1) is 0 Å². The zero-order valence-corrected chi connectivity index (χ0v) is 15.3. The van der Waals surface area contributed by atoms with Gasteiger partial charge in [0.05, 0.1) is 11.4 Å².